The van der Waals surface area contributed by atoms with Gasteiger partial charge in [-0.25, -0.2) is 0 Å². The van der Waals surface area contributed by atoms with Crippen molar-refractivity contribution in [3.05, 3.63) is 69.7 Å². The topological polar surface area (TPSA) is 44.4 Å². The molecule has 4 aliphatic rings. The van der Waals surface area contributed by atoms with E-state index >= 15 is 0 Å². The average molecular weight is 486 g/mol. The average Bonchev–Trinajstić information content (AvgIpc) is 3.06. The number of hydrogen-bond donors (Lipinski definition) is 2. The van der Waals surface area contributed by atoms with Crippen LogP contribution in [0.2, 0.25) is 10.0 Å². The van der Waals surface area contributed by atoms with Gasteiger partial charge in [0, 0.05) is 31.6 Å². The number of halogens is 2. The number of rotatable bonds is 7. The van der Waals surface area contributed by atoms with Gasteiger partial charge in [-0.15, -0.1) is 0 Å². The zero-order chi connectivity index (χ0) is 23.2. The third-order valence-electron chi connectivity index (χ3n) is 8.00. The summed E-state index contributed by atoms with van der Waals surface area (Å²) in [4.78, 5) is 16.5. The molecule has 33 heavy (non-hydrogen) atoms. The van der Waals surface area contributed by atoms with Gasteiger partial charge in [0.2, 0.25) is 5.91 Å². The van der Waals surface area contributed by atoms with E-state index in [1.807, 2.05) is 12.1 Å². The number of likely N-dealkylation sites (tertiary alicyclic amines) is 1. The predicted octanol–water partition coefficient (Wildman–Crippen LogP) is 5.13. The molecule has 2 aromatic carbocycles. The Labute approximate surface area is 207 Å². The molecule has 2 N–H and O–H groups in total. The summed E-state index contributed by atoms with van der Waals surface area (Å²) in [5.41, 5.74) is 1.75. The van der Waals surface area contributed by atoms with Crippen LogP contribution in [-0.4, -0.2) is 35.5 Å². The van der Waals surface area contributed by atoms with Gasteiger partial charge in [-0.05, 0) is 60.4 Å². The highest BCUT2D eigenvalue weighted by Crippen LogP contribution is 2.54. The van der Waals surface area contributed by atoms with Gasteiger partial charge in [0.05, 0.1) is 10.0 Å². The number of nitrogens with zero attached hydrogens (tertiary/aromatic N) is 1. The van der Waals surface area contributed by atoms with E-state index in [1.54, 1.807) is 6.07 Å². The first-order valence-corrected chi connectivity index (χ1v) is 12.9. The molecule has 3 saturated heterocycles. The van der Waals surface area contributed by atoms with Crippen molar-refractivity contribution in [2.24, 2.45) is 23.7 Å². The summed E-state index contributed by atoms with van der Waals surface area (Å²) in [6, 6.07) is 16.4. The Balaban J connectivity index is 1.42. The fourth-order valence-corrected chi connectivity index (χ4v) is 7.07. The molecular formula is C27H33Cl2N3O. The Kier molecular flexibility index (Phi) is 6.47. The van der Waals surface area contributed by atoms with Crippen LogP contribution in [-0.2, 0) is 17.9 Å². The lowest BCUT2D eigenvalue weighted by Gasteiger charge is -2.56. The first-order valence-electron chi connectivity index (χ1n) is 12.1. The van der Waals surface area contributed by atoms with Crippen LogP contribution in [0.25, 0.3) is 0 Å². The molecule has 3 aliphatic heterocycles. The first kappa shape index (κ1) is 23.2. The lowest BCUT2D eigenvalue weighted by Crippen LogP contribution is -2.76. The molecule has 0 radical (unpaired) electrons. The molecule has 2 aromatic rings. The van der Waals surface area contributed by atoms with Crippen LogP contribution in [0.5, 0.6) is 0 Å². The highest BCUT2D eigenvalue weighted by atomic mass is 35.5. The van der Waals surface area contributed by atoms with Crippen LogP contribution in [0.15, 0.2) is 48.5 Å². The van der Waals surface area contributed by atoms with Gasteiger partial charge in [-0.1, -0.05) is 73.4 Å². The molecule has 0 aromatic heterocycles. The molecular weight excluding hydrogens is 453 g/mol. The minimum absolute atomic E-state index is 0.131. The second kappa shape index (κ2) is 9.22. The van der Waals surface area contributed by atoms with Crippen LogP contribution >= 0.6 is 23.2 Å². The van der Waals surface area contributed by atoms with E-state index in [9.17, 15) is 4.79 Å². The van der Waals surface area contributed by atoms with Gasteiger partial charge >= 0.3 is 0 Å². The largest absolute Gasteiger partial charge is 0.350 e. The first-order chi connectivity index (χ1) is 15.9. The molecule has 5 unspecified atom stereocenters. The molecule has 4 bridgehead atoms. The third-order valence-corrected chi connectivity index (χ3v) is 8.74. The van der Waals surface area contributed by atoms with Gasteiger partial charge in [-0.2, -0.15) is 0 Å². The third kappa shape index (κ3) is 4.20. The summed E-state index contributed by atoms with van der Waals surface area (Å²) >= 11 is 12.3. The highest BCUT2D eigenvalue weighted by molar-refractivity contribution is 6.42. The van der Waals surface area contributed by atoms with E-state index in [-0.39, 0.29) is 11.9 Å². The second-order valence-electron chi connectivity index (χ2n) is 10.5. The maximum atomic E-state index is 13.9. The minimum Gasteiger partial charge on any atom is -0.350 e. The van der Waals surface area contributed by atoms with Crippen LogP contribution in [0.4, 0.5) is 0 Å². The van der Waals surface area contributed by atoms with Gasteiger partial charge in [0.1, 0.15) is 5.54 Å². The zero-order valence-electron chi connectivity index (χ0n) is 19.4. The number of piperidine rings is 2. The minimum atomic E-state index is -0.528. The Morgan fingerprint density at radius 1 is 1.15 bits per heavy atom. The van der Waals surface area contributed by atoms with Gasteiger partial charge in [0.15, 0.2) is 0 Å². The van der Waals surface area contributed by atoms with Crippen molar-refractivity contribution < 1.29 is 4.79 Å². The number of nitrogens with one attached hydrogen (secondary N) is 2. The quantitative estimate of drug-likeness (QED) is 0.570. The maximum absolute atomic E-state index is 13.9. The summed E-state index contributed by atoms with van der Waals surface area (Å²) in [7, 11) is 0. The molecule has 5 atom stereocenters. The molecule has 3 heterocycles. The van der Waals surface area contributed by atoms with Crippen LogP contribution in [0, 0.1) is 23.7 Å². The lowest BCUT2D eigenvalue weighted by molar-refractivity contribution is -0.139. The maximum Gasteiger partial charge on any atom is 0.242 e. The Morgan fingerprint density at radius 2 is 1.94 bits per heavy atom. The zero-order valence-corrected chi connectivity index (χ0v) is 20.9. The lowest BCUT2D eigenvalue weighted by atomic mass is 9.58. The van der Waals surface area contributed by atoms with E-state index in [4.69, 9.17) is 23.2 Å². The van der Waals surface area contributed by atoms with Crippen molar-refractivity contribution in [2.75, 3.05) is 13.1 Å². The van der Waals surface area contributed by atoms with Gasteiger partial charge in [0.25, 0.3) is 0 Å². The monoisotopic (exact) mass is 485 g/mol. The Hall–Kier alpha value is -1.59. The molecule has 0 spiro atoms. The number of fused-ring (bicyclic) bond motifs is 1. The van der Waals surface area contributed by atoms with Crippen LogP contribution in [0.3, 0.4) is 0 Å². The molecule has 4 fully saturated rings. The Morgan fingerprint density at radius 3 is 2.67 bits per heavy atom. The van der Waals surface area contributed by atoms with Gasteiger partial charge < -0.3 is 10.6 Å². The molecule has 176 valence electrons. The summed E-state index contributed by atoms with van der Waals surface area (Å²) in [5, 5.41) is 8.08. The summed E-state index contributed by atoms with van der Waals surface area (Å²) in [6.07, 6.45) is 2.29. The van der Waals surface area contributed by atoms with Crippen molar-refractivity contribution in [1.29, 1.82) is 0 Å². The molecule has 6 heteroatoms. The normalized spacial score (nSPS) is 30.7. The second-order valence-corrected chi connectivity index (χ2v) is 11.3. The Bertz CT molecular complexity index is 1010. The number of benzene rings is 2. The fraction of sp³-hybridized carbons (Fsp3) is 0.519. The summed E-state index contributed by atoms with van der Waals surface area (Å²) < 4.78 is 0. The number of hydrogen-bond acceptors (Lipinski definition) is 3. The van der Waals surface area contributed by atoms with Crippen LogP contribution in [0.1, 0.15) is 37.8 Å². The molecule has 1 amide bonds. The SMILES string of the molecule is CC(C)CC1C2CNC3(C(=O)NCc4ccc(Cl)c(Cl)c4)C(C2)CN(Cc2ccccc2)C13. The highest BCUT2D eigenvalue weighted by Gasteiger charge is 2.67. The van der Waals surface area contributed by atoms with E-state index in [2.05, 4.69) is 59.7 Å². The number of amides is 1. The smallest absolute Gasteiger partial charge is 0.242 e. The fourth-order valence-electron chi connectivity index (χ4n) is 6.75. The molecule has 1 saturated carbocycles. The van der Waals surface area contributed by atoms with E-state index in [0.717, 1.165) is 38.0 Å². The van der Waals surface area contributed by atoms with Crippen molar-refractivity contribution in [1.82, 2.24) is 15.5 Å². The van der Waals surface area contributed by atoms with Crippen molar-refractivity contribution >= 4 is 29.1 Å². The number of carbonyl (C=O) groups excluding carboxylic acids is 1. The van der Waals surface area contributed by atoms with Crippen molar-refractivity contribution in [3.63, 3.8) is 0 Å². The number of carbonyl (C=O) groups is 1. The molecule has 4 nitrogen and oxygen atoms in total. The van der Waals surface area contributed by atoms with Crippen molar-refractivity contribution in [2.45, 2.75) is 51.4 Å². The van der Waals surface area contributed by atoms with E-state index in [0.29, 0.717) is 40.3 Å². The standard InChI is InChI=1S/C27H33Cl2N3O/c1-17(2)10-22-20-12-21-16-32(15-18-6-4-3-5-7-18)25(22)27(21,31-14-20)26(33)30-13-19-8-9-23(28)24(29)11-19/h3-9,11,17,20-22,25,31H,10,12-16H2,1-2H3,(H,30,33). The van der Waals surface area contributed by atoms with Crippen molar-refractivity contribution in [3.8, 4) is 0 Å². The molecule has 1 aliphatic carbocycles. The van der Waals surface area contributed by atoms with E-state index in [1.165, 1.54) is 5.56 Å². The summed E-state index contributed by atoms with van der Waals surface area (Å²) in [6.45, 7) is 7.87. The van der Waals surface area contributed by atoms with Crippen LogP contribution < -0.4 is 10.6 Å². The van der Waals surface area contributed by atoms with E-state index < -0.39 is 5.54 Å². The predicted molar refractivity (Wildman–Crippen MR) is 134 cm³/mol. The summed E-state index contributed by atoms with van der Waals surface area (Å²) in [5.74, 6) is 2.26. The molecule has 6 rings (SSSR count). The van der Waals surface area contributed by atoms with Gasteiger partial charge in [-0.3, -0.25) is 9.69 Å².